The van der Waals surface area contributed by atoms with E-state index in [1.54, 1.807) is 0 Å². The summed E-state index contributed by atoms with van der Waals surface area (Å²) in [5.74, 6) is 2.71. The fourth-order valence-electron chi connectivity index (χ4n) is 2.39. The standard InChI is InChI=1S/C16H25N3S.HI/c1-13(14-7-4-3-5-8-14)11-18-16(17-2)19-12-15-9-6-10-20-15;/h3-5,7-8,13,15H,6,9-12H2,1-2H3,(H2,17,18,19);1H. The van der Waals surface area contributed by atoms with Crippen LogP contribution in [0.1, 0.15) is 31.2 Å². The van der Waals surface area contributed by atoms with Crippen molar-refractivity contribution >= 4 is 41.7 Å². The van der Waals surface area contributed by atoms with Crippen molar-refractivity contribution in [2.24, 2.45) is 4.99 Å². The van der Waals surface area contributed by atoms with Crippen molar-refractivity contribution in [2.75, 3.05) is 25.9 Å². The molecule has 0 amide bonds. The molecule has 0 saturated carbocycles. The number of rotatable bonds is 5. The first-order valence-electron chi connectivity index (χ1n) is 7.40. The van der Waals surface area contributed by atoms with Crippen LogP contribution in [0.2, 0.25) is 0 Å². The van der Waals surface area contributed by atoms with Gasteiger partial charge in [-0.25, -0.2) is 0 Å². The largest absolute Gasteiger partial charge is 0.356 e. The monoisotopic (exact) mass is 419 g/mol. The van der Waals surface area contributed by atoms with Crippen LogP contribution in [-0.2, 0) is 0 Å². The number of aliphatic imine (C=N–C) groups is 1. The van der Waals surface area contributed by atoms with E-state index in [0.29, 0.717) is 5.92 Å². The van der Waals surface area contributed by atoms with Gasteiger partial charge in [0.05, 0.1) is 0 Å². The highest BCUT2D eigenvalue weighted by Gasteiger charge is 2.15. The minimum atomic E-state index is 0. The number of guanidine groups is 1. The van der Waals surface area contributed by atoms with E-state index in [2.05, 4.69) is 64.6 Å². The molecule has 2 atom stereocenters. The highest BCUT2D eigenvalue weighted by Crippen LogP contribution is 2.25. The second-order valence-electron chi connectivity index (χ2n) is 5.28. The van der Waals surface area contributed by atoms with Gasteiger partial charge < -0.3 is 10.6 Å². The SMILES string of the molecule is CN=C(NCC1CCCS1)NCC(C)c1ccccc1.I. The topological polar surface area (TPSA) is 36.4 Å². The molecule has 0 aliphatic carbocycles. The summed E-state index contributed by atoms with van der Waals surface area (Å²) in [5, 5.41) is 7.61. The molecule has 0 spiro atoms. The van der Waals surface area contributed by atoms with Crippen LogP contribution < -0.4 is 10.6 Å². The molecule has 2 unspecified atom stereocenters. The van der Waals surface area contributed by atoms with Gasteiger partial charge in [0.2, 0.25) is 0 Å². The zero-order valence-electron chi connectivity index (χ0n) is 12.8. The highest BCUT2D eigenvalue weighted by molar-refractivity contribution is 14.0. The Balaban J connectivity index is 0.00000220. The molecule has 0 aromatic heterocycles. The average molecular weight is 419 g/mol. The normalized spacial score (nSPS) is 19.7. The highest BCUT2D eigenvalue weighted by atomic mass is 127. The zero-order valence-corrected chi connectivity index (χ0v) is 16.0. The summed E-state index contributed by atoms with van der Waals surface area (Å²) in [6, 6.07) is 10.6. The summed E-state index contributed by atoms with van der Waals surface area (Å²) in [6.45, 7) is 4.16. The van der Waals surface area contributed by atoms with Crippen LogP contribution in [0, 0.1) is 0 Å². The fourth-order valence-corrected chi connectivity index (χ4v) is 3.59. The number of nitrogens with zero attached hydrogens (tertiary/aromatic N) is 1. The number of hydrogen-bond acceptors (Lipinski definition) is 2. The van der Waals surface area contributed by atoms with Crippen molar-refractivity contribution in [1.82, 2.24) is 10.6 Å². The molecular formula is C16H26IN3S. The van der Waals surface area contributed by atoms with Crippen LogP contribution >= 0.6 is 35.7 Å². The Morgan fingerprint density at radius 2 is 2.10 bits per heavy atom. The Hall–Kier alpha value is -0.430. The number of nitrogens with one attached hydrogen (secondary N) is 2. The molecule has 2 rings (SSSR count). The smallest absolute Gasteiger partial charge is 0.191 e. The van der Waals surface area contributed by atoms with Gasteiger partial charge in [0.1, 0.15) is 0 Å². The van der Waals surface area contributed by atoms with Crippen molar-refractivity contribution in [3.8, 4) is 0 Å². The number of benzene rings is 1. The van der Waals surface area contributed by atoms with Gasteiger partial charge in [0.25, 0.3) is 0 Å². The first kappa shape index (κ1) is 18.6. The van der Waals surface area contributed by atoms with E-state index in [0.717, 1.165) is 24.3 Å². The molecule has 1 aromatic rings. The van der Waals surface area contributed by atoms with Gasteiger partial charge in [-0.1, -0.05) is 37.3 Å². The molecule has 2 N–H and O–H groups in total. The first-order chi connectivity index (χ1) is 9.79. The molecule has 0 bridgehead atoms. The van der Waals surface area contributed by atoms with Crippen LogP contribution in [0.25, 0.3) is 0 Å². The Morgan fingerprint density at radius 1 is 1.33 bits per heavy atom. The van der Waals surface area contributed by atoms with Crippen LogP contribution in [0.4, 0.5) is 0 Å². The maximum Gasteiger partial charge on any atom is 0.191 e. The lowest BCUT2D eigenvalue weighted by atomic mass is 10.0. The second kappa shape index (κ2) is 10.3. The van der Waals surface area contributed by atoms with E-state index in [1.807, 2.05) is 7.05 Å². The van der Waals surface area contributed by atoms with E-state index >= 15 is 0 Å². The van der Waals surface area contributed by atoms with Gasteiger partial charge in [-0.2, -0.15) is 11.8 Å². The second-order valence-corrected chi connectivity index (χ2v) is 6.69. The van der Waals surface area contributed by atoms with Gasteiger partial charge >= 0.3 is 0 Å². The Morgan fingerprint density at radius 3 is 2.71 bits per heavy atom. The quantitative estimate of drug-likeness (QED) is 0.436. The van der Waals surface area contributed by atoms with E-state index < -0.39 is 0 Å². The van der Waals surface area contributed by atoms with Crippen LogP contribution in [0.15, 0.2) is 35.3 Å². The predicted molar refractivity (Wildman–Crippen MR) is 105 cm³/mol. The van der Waals surface area contributed by atoms with Gasteiger partial charge in [0, 0.05) is 25.4 Å². The molecule has 1 saturated heterocycles. The lowest BCUT2D eigenvalue weighted by molar-refractivity contribution is 0.685. The lowest BCUT2D eigenvalue weighted by Crippen LogP contribution is -2.41. The lowest BCUT2D eigenvalue weighted by Gasteiger charge is -2.17. The minimum Gasteiger partial charge on any atom is -0.356 e. The average Bonchev–Trinajstić information content (AvgIpc) is 3.01. The van der Waals surface area contributed by atoms with Gasteiger partial charge in [0.15, 0.2) is 5.96 Å². The van der Waals surface area contributed by atoms with Crippen molar-refractivity contribution in [3.63, 3.8) is 0 Å². The van der Waals surface area contributed by atoms with Crippen LogP contribution in [-0.4, -0.2) is 37.1 Å². The van der Waals surface area contributed by atoms with E-state index in [1.165, 1.54) is 24.2 Å². The number of halogens is 1. The molecule has 1 aliphatic rings. The molecule has 1 aromatic carbocycles. The first-order valence-corrected chi connectivity index (χ1v) is 8.45. The molecule has 0 radical (unpaired) electrons. The van der Waals surface area contributed by atoms with E-state index in [4.69, 9.17) is 0 Å². The summed E-state index contributed by atoms with van der Waals surface area (Å²) in [7, 11) is 1.84. The molecule has 5 heteroatoms. The summed E-state index contributed by atoms with van der Waals surface area (Å²) in [5.41, 5.74) is 1.36. The van der Waals surface area contributed by atoms with Gasteiger partial charge in [-0.05, 0) is 30.1 Å². The predicted octanol–water partition coefficient (Wildman–Crippen LogP) is 3.47. The molecule has 1 heterocycles. The van der Waals surface area contributed by atoms with Crippen molar-refractivity contribution < 1.29 is 0 Å². The molecule has 21 heavy (non-hydrogen) atoms. The van der Waals surface area contributed by atoms with E-state index in [-0.39, 0.29) is 24.0 Å². The molecule has 1 aliphatic heterocycles. The molecular weight excluding hydrogens is 393 g/mol. The third-order valence-electron chi connectivity index (χ3n) is 3.69. The maximum absolute atomic E-state index is 4.30. The van der Waals surface area contributed by atoms with E-state index in [9.17, 15) is 0 Å². The van der Waals surface area contributed by atoms with Gasteiger partial charge in [-0.3, -0.25) is 4.99 Å². The Labute approximate surface area is 149 Å². The maximum atomic E-state index is 4.30. The van der Waals surface area contributed by atoms with Crippen LogP contribution in [0.3, 0.4) is 0 Å². The molecule has 1 fully saturated rings. The minimum absolute atomic E-state index is 0. The number of thioether (sulfide) groups is 1. The van der Waals surface area contributed by atoms with Crippen molar-refractivity contribution in [3.05, 3.63) is 35.9 Å². The molecule has 3 nitrogen and oxygen atoms in total. The number of hydrogen-bond donors (Lipinski definition) is 2. The Kier molecular flexibility index (Phi) is 9.15. The summed E-state index contributed by atoms with van der Waals surface area (Å²) in [4.78, 5) is 4.30. The summed E-state index contributed by atoms with van der Waals surface area (Å²) < 4.78 is 0. The Bertz CT molecular complexity index is 419. The van der Waals surface area contributed by atoms with Crippen LogP contribution in [0.5, 0.6) is 0 Å². The molecule has 118 valence electrons. The third kappa shape index (κ3) is 6.46. The summed E-state index contributed by atoms with van der Waals surface area (Å²) in [6.07, 6.45) is 2.68. The fraction of sp³-hybridized carbons (Fsp3) is 0.562. The van der Waals surface area contributed by atoms with Crippen molar-refractivity contribution in [2.45, 2.75) is 30.9 Å². The van der Waals surface area contributed by atoms with Crippen molar-refractivity contribution in [1.29, 1.82) is 0 Å². The zero-order chi connectivity index (χ0) is 14.2. The summed E-state index contributed by atoms with van der Waals surface area (Å²) >= 11 is 2.07. The van der Waals surface area contributed by atoms with Gasteiger partial charge in [-0.15, -0.1) is 24.0 Å². The third-order valence-corrected chi connectivity index (χ3v) is 5.09.